The zero-order chi connectivity index (χ0) is 19.5. The third kappa shape index (κ3) is 4.51. The quantitative estimate of drug-likeness (QED) is 0.769. The minimum Gasteiger partial charge on any atom is -0.352 e. The van der Waals surface area contributed by atoms with Gasteiger partial charge < -0.3 is 5.32 Å². The van der Waals surface area contributed by atoms with E-state index >= 15 is 0 Å². The predicted octanol–water partition coefficient (Wildman–Crippen LogP) is 2.59. The van der Waals surface area contributed by atoms with E-state index in [1.807, 2.05) is 20.8 Å². The number of sulfonamides is 1. The molecule has 1 aromatic carbocycles. The van der Waals surface area contributed by atoms with Crippen LogP contribution in [0.25, 0.3) is 0 Å². The van der Waals surface area contributed by atoms with Crippen LogP contribution in [-0.2, 0) is 14.8 Å². The summed E-state index contributed by atoms with van der Waals surface area (Å²) in [6.07, 6.45) is 2.07. The molecule has 6 nitrogen and oxygen atoms in total. The van der Waals surface area contributed by atoms with Crippen molar-refractivity contribution in [2.24, 2.45) is 5.92 Å². The molecule has 2 rings (SSSR count). The van der Waals surface area contributed by atoms with Crippen LogP contribution < -0.4 is 5.32 Å². The molecule has 1 aromatic rings. The lowest BCUT2D eigenvalue weighted by atomic mass is 10.0. The highest BCUT2D eigenvalue weighted by atomic mass is 32.2. The Morgan fingerprint density at radius 2 is 1.73 bits per heavy atom. The number of carbonyl (C=O) groups is 2. The van der Waals surface area contributed by atoms with Crippen molar-refractivity contribution in [3.05, 3.63) is 29.8 Å². The number of carbonyl (C=O) groups excluding carboxylic acids is 2. The summed E-state index contributed by atoms with van der Waals surface area (Å²) in [6.45, 7) is 7.70. The lowest BCUT2D eigenvalue weighted by Crippen LogP contribution is -2.53. The van der Waals surface area contributed by atoms with Gasteiger partial charge in [0, 0.05) is 18.2 Å². The molecule has 1 aliphatic heterocycles. The molecule has 144 valence electrons. The number of nitrogens with one attached hydrogen (secondary N) is 1. The Morgan fingerprint density at radius 1 is 1.12 bits per heavy atom. The number of ketones is 1. The van der Waals surface area contributed by atoms with Crippen molar-refractivity contribution < 1.29 is 18.0 Å². The van der Waals surface area contributed by atoms with E-state index in [9.17, 15) is 18.0 Å². The van der Waals surface area contributed by atoms with Crippen LogP contribution in [0.4, 0.5) is 0 Å². The number of rotatable bonds is 6. The Morgan fingerprint density at radius 3 is 2.27 bits per heavy atom. The molecule has 1 heterocycles. The van der Waals surface area contributed by atoms with Gasteiger partial charge in [0.1, 0.15) is 6.04 Å². The third-order valence-electron chi connectivity index (χ3n) is 4.99. The third-order valence-corrected chi connectivity index (χ3v) is 6.92. The number of Topliss-reactive ketones (excluding diaryl/α,β-unsaturated/α-hetero) is 1. The van der Waals surface area contributed by atoms with Gasteiger partial charge in [-0.05, 0) is 44.7 Å². The molecule has 1 fully saturated rings. The van der Waals surface area contributed by atoms with Gasteiger partial charge >= 0.3 is 0 Å². The number of benzene rings is 1. The maximum Gasteiger partial charge on any atom is 0.243 e. The standard InChI is InChI=1S/C19H28N2O4S/c1-13(2)14(3)20-19(23)18-7-5-6-12-21(18)26(24,25)17-10-8-16(9-11-17)15(4)22/h8-11,13-14,18H,5-7,12H2,1-4H3,(H,20,23). The molecule has 7 heteroatoms. The maximum atomic E-state index is 13.1. The molecule has 0 aliphatic carbocycles. The van der Waals surface area contributed by atoms with Crippen molar-refractivity contribution in [3.63, 3.8) is 0 Å². The van der Waals surface area contributed by atoms with Crippen molar-refractivity contribution in [2.75, 3.05) is 6.54 Å². The second kappa shape index (κ2) is 8.31. The summed E-state index contributed by atoms with van der Waals surface area (Å²) in [5.74, 6) is -0.0894. The van der Waals surface area contributed by atoms with Gasteiger partial charge in [-0.25, -0.2) is 8.42 Å². The molecule has 0 saturated carbocycles. The van der Waals surface area contributed by atoms with E-state index in [0.717, 1.165) is 12.8 Å². The molecule has 0 radical (unpaired) electrons. The van der Waals surface area contributed by atoms with Gasteiger partial charge in [-0.15, -0.1) is 0 Å². The van der Waals surface area contributed by atoms with Gasteiger partial charge in [-0.2, -0.15) is 4.31 Å². The summed E-state index contributed by atoms with van der Waals surface area (Å²) in [4.78, 5) is 24.2. The van der Waals surface area contributed by atoms with Crippen molar-refractivity contribution in [1.29, 1.82) is 0 Å². The zero-order valence-electron chi connectivity index (χ0n) is 15.9. The summed E-state index contributed by atoms with van der Waals surface area (Å²) in [6, 6.07) is 5.18. The fourth-order valence-electron chi connectivity index (χ4n) is 2.94. The minimum atomic E-state index is -3.79. The van der Waals surface area contributed by atoms with Crippen LogP contribution in [0.15, 0.2) is 29.2 Å². The Kier molecular flexibility index (Phi) is 6.58. The molecule has 1 amide bonds. The van der Waals surface area contributed by atoms with Crippen LogP contribution in [0, 0.1) is 5.92 Å². The summed E-state index contributed by atoms with van der Waals surface area (Å²) in [5, 5.41) is 2.94. The van der Waals surface area contributed by atoms with Crippen LogP contribution >= 0.6 is 0 Å². The molecular formula is C19H28N2O4S. The smallest absolute Gasteiger partial charge is 0.243 e. The highest BCUT2D eigenvalue weighted by Crippen LogP contribution is 2.26. The second-order valence-corrected chi connectivity index (χ2v) is 9.14. The van der Waals surface area contributed by atoms with Crippen LogP contribution in [0.3, 0.4) is 0 Å². The fraction of sp³-hybridized carbons (Fsp3) is 0.579. The average Bonchev–Trinajstić information content (AvgIpc) is 2.61. The number of hydrogen-bond acceptors (Lipinski definition) is 4. The van der Waals surface area contributed by atoms with Gasteiger partial charge in [0.25, 0.3) is 0 Å². The minimum absolute atomic E-state index is 0.0242. The van der Waals surface area contributed by atoms with Crippen LogP contribution in [0.5, 0.6) is 0 Å². The molecule has 2 atom stereocenters. The van der Waals surface area contributed by atoms with E-state index in [1.165, 1.54) is 35.5 Å². The van der Waals surface area contributed by atoms with Crippen molar-refractivity contribution >= 4 is 21.7 Å². The molecule has 1 aliphatic rings. The monoisotopic (exact) mass is 380 g/mol. The largest absolute Gasteiger partial charge is 0.352 e. The molecular weight excluding hydrogens is 352 g/mol. The fourth-order valence-corrected chi connectivity index (χ4v) is 4.60. The number of piperidine rings is 1. The van der Waals surface area contributed by atoms with E-state index in [1.54, 1.807) is 0 Å². The van der Waals surface area contributed by atoms with E-state index in [0.29, 0.717) is 18.5 Å². The van der Waals surface area contributed by atoms with Crippen LogP contribution in [0.2, 0.25) is 0 Å². The predicted molar refractivity (Wildman–Crippen MR) is 100 cm³/mol. The molecule has 0 bridgehead atoms. The molecule has 2 unspecified atom stereocenters. The highest BCUT2D eigenvalue weighted by Gasteiger charge is 2.38. The summed E-state index contributed by atoms with van der Waals surface area (Å²) >= 11 is 0. The first-order valence-electron chi connectivity index (χ1n) is 9.08. The van der Waals surface area contributed by atoms with Crippen molar-refractivity contribution in [1.82, 2.24) is 9.62 Å². The van der Waals surface area contributed by atoms with E-state index < -0.39 is 16.1 Å². The molecule has 1 N–H and O–H groups in total. The second-order valence-electron chi connectivity index (χ2n) is 7.25. The van der Waals surface area contributed by atoms with E-state index in [2.05, 4.69) is 5.32 Å². The average molecular weight is 381 g/mol. The molecule has 1 saturated heterocycles. The molecule has 26 heavy (non-hydrogen) atoms. The summed E-state index contributed by atoms with van der Waals surface area (Å²) in [7, 11) is -3.79. The lowest BCUT2D eigenvalue weighted by Gasteiger charge is -2.34. The Hall–Kier alpha value is -1.73. The first-order chi connectivity index (χ1) is 12.1. The first kappa shape index (κ1) is 20.6. The molecule has 0 spiro atoms. The highest BCUT2D eigenvalue weighted by molar-refractivity contribution is 7.89. The van der Waals surface area contributed by atoms with Crippen molar-refractivity contribution in [3.8, 4) is 0 Å². The normalized spacial score (nSPS) is 20.0. The van der Waals surface area contributed by atoms with E-state index in [4.69, 9.17) is 0 Å². The van der Waals surface area contributed by atoms with Crippen LogP contribution in [-0.4, -0.2) is 43.0 Å². The van der Waals surface area contributed by atoms with Gasteiger partial charge in [0.05, 0.1) is 4.90 Å². The SMILES string of the molecule is CC(=O)c1ccc(S(=O)(=O)N2CCCCC2C(=O)NC(C)C(C)C)cc1. The topological polar surface area (TPSA) is 83.6 Å². The zero-order valence-corrected chi connectivity index (χ0v) is 16.7. The van der Waals surface area contributed by atoms with Gasteiger partial charge in [-0.1, -0.05) is 32.4 Å². The molecule has 0 aromatic heterocycles. The van der Waals surface area contributed by atoms with Gasteiger partial charge in [0.2, 0.25) is 15.9 Å². The van der Waals surface area contributed by atoms with Gasteiger partial charge in [0.15, 0.2) is 5.78 Å². The summed E-state index contributed by atoms with van der Waals surface area (Å²) < 4.78 is 27.4. The Bertz CT molecular complexity index is 756. The van der Waals surface area contributed by atoms with Crippen LogP contribution in [0.1, 0.15) is 57.3 Å². The Balaban J connectivity index is 2.26. The number of hydrogen-bond donors (Lipinski definition) is 1. The van der Waals surface area contributed by atoms with E-state index in [-0.39, 0.29) is 28.5 Å². The maximum absolute atomic E-state index is 13.1. The number of nitrogens with zero attached hydrogens (tertiary/aromatic N) is 1. The Labute approximate surface area is 156 Å². The van der Waals surface area contributed by atoms with Gasteiger partial charge in [-0.3, -0.25) is 9.59 Å². The summed E-state index contributed by atoms with van der Waals surface area (Å²) in [5.41, 5.74) is 0.461. The first-order valence-corrected chi connectivity index (χ1v) is 10.5. The number of amides is 1. The van der Waals surface area contributed by atoms with Crippen molar-refractivity contribution in [2.45, 2.75) is 63.9 Å². The lowest BCUT2D eigenvalue weighted by molar-refractivity contribution is -0.126.